The molecule has 0 saturated heterocycles. The van der Waals surface area contributed by atoms with E-state index in [0.29, 0.717) is 24.5 Å². The molecule has 0 bridgehead atoms. The maximum Gasteiger partial charge on any atom is 0.414 e. The number of methoxy groups -OCH3 is 1. The maximum atomic E-state index is 12.7. The molecule has 7 heteroatoms. The summed E-state index contributed by atoms with van der Waals surface area (Å²) in [6, 6.07) is 14.6. The Morgan fingerprint density at radius 2 is 1.90 bits per heavy atom. The maximum absolute atomic E-state index is 12.7. The molecule has 1 N–H and O–H groups in total. The average molecular weight is 427 g/mol. The van der Waals surface area contributed by atoms with Crippen LogP contribution in [0, 0.1) is 0 Å². The molecule has 31 heavy (non-hydrogen) atoms. The van der Waals surface area contributed by atoms with Crippen LogP contribution >= 0.6 is 0 Å². The summed E-state index contributed by atoms with van der Waals surface area (Å²) in [5.74, 6) is 0.648. The smallest absolute Gasteiger partial charge is 0.414 e. The third-order valence-corrected chi connectivity index (χ3v) is 5.52. The van der Waals surface area contributed by atoms with Crippen LogP contribution in [0.15, 0.2) is 48.5 Å². The third kappa shape index (κ3) is 5.10. The van der Waals surface area contributed by atoms with Crippen LogP contribution in [0.5, 0.6) is 5.75 Å². The number of hydrogen-bond donors (Lipinski definition) is 1. The molecule has 166 valence electrons. The van der Waals surface area contributed by atoms with Gasteiger partial charge in [-0.15, -0.1) is 0 Å². The van der Waals surface area contributed by atoms with Gasteiger partial charge in [-0.2, -0.15) is 0 Å². The van der Waals surface area contributed by atoms with Gasteiger partial charge in [0.05, 0.1) is 25.4 Å². The highest BCUT2D eigenvalue weighted by molar-refractivity contribution is 5.90. The van der Waals surface area contributed by atoms with Gasteiger partial charge in [0.1, 0.15) is 11.9 Å². The zero-order valence-corrected chi connectivity index (χ0v) is 18.5. The quantitative estimate of drug-likeness (QED) is 0.672. The standard InChI is InChI=1S/C24H30N2O5/c1-5-18-14-21(25-23(27)31-16(3)17-10-8-7-9-11-17)20-15-19(29-4)12-13-22(20)26(18)24(28)30-6-2/h7-13,15-16,18,21H,5-6,14H2,1-4H3,(H,25,27)/t16-,18+,21-/m0/s1. The molecule has 1 aliphatic heterocycles. The molecule has 2 aromatic carbocycles. The van der Waals surface area contributed by atoms with Gasteiger partial charge in [-0.25, -0.2) is 9.59 Å². The van der Waals surface area contributed by atoms with Crippen molar-refractivity contribution in [2.75, 3.05) is 18.6 Å². The summed E-state index contributed by atoms with van der Waals surface area (Å²) in [6.45, 7) is 5.93. The Hall–Kier alpha value is -3.22. The number of ether oxygens (including phenoxy) is 3. The molecule has 2 amide bonds. The average Bonchev–Trinajstić information content (AvgIpc) is 2.79. The highest BCUT2D eigenvalue weighted by Gasteiger charge is 2.37. The molecule has 1 heterocycles. The number of fused-ring (bicyclic) bond motifs is 1. The minimum absolute atomic E-state index is 0.114. The van der Waals surface area contributed by atoms with Crippen LogP contribution in [0.25, 0.3) is 0 Å². The minimum atomic E-state index is -0.505. The lowest BCUT2D eigenvalue weighted by Gasteiger charge is -2.40. The molecule has 0 aromatic heterocycles. The van der Waals surface area contributed by atoms with Crippen LogP contribution in [0.2, 0.25) is 0 Å². The first-order valence-corrected chi connectivity index (χ1v) is 10.6. The number of carbonyl (C=O) groups is 2. The van der Waals surface area contributed by atoms with Crippen molar-refractivity contribution in [1.82, 2.24) is 5.32 Å². The molecule has 0 aliphatic carbocycles. The number of benzene rings is 2. The molecule has 3 rings (SSSR count). The van der Waals surface area contributed by atoms with Crippen LogP contribution in [0.4, 0.5) is 15.3 Å². The number of nitrogens with one attached hydrogen (secondary N) is 1. The fraction of sp³-hybridized carbons (Fsp3) is 0.417. The predicted octanol–water partition coefficient (Wildman–Crippen LogP) is 5.37. The van der Waals surface area contributed by atoms with Crippen molar-refractivity contribution in [2.24, 2.45) is 0 Å². The Balaban J connectivity index is 1.85. The number of nitrogens with zero attached hydrogens (tertiary/aromatic N) is 1. The van der Waals surface area contributed by atoms with Crippen molar-refractivity contribution in [3.05, 3.63) is 59.7 Å². The number of carbonyl (C=O) groups excluding carboxylic acids is 2. The lowest BCUT2D eigenvalue weighted by Crippen LogP contribution is -2.47. The highest BCUT2D eigenvalue weighted by atomic mass is 16.6. The zero-order chi connectivity index (χ0) is 22.4. The van der Waals surface area contributed by atoms with Crippen molar-refractivity contribution < 1.29 is 23.8 Å². The van der Waals surface area contributed by atoms with Crippen molar-refractivity contribution in [3.8, 4) is 5.75 Å². The predicted molar refractivity (Wildman–Crippen MR) is 118 cm³/mol. The summed E-state index contributed by atoms with van der Waals surface area (Å²) < 4.78 is 16.3. The van der Waals surface area contributed by atoms with Gasteiger partial charge in [-0.05, 0) is 50.5 Å². The Bertz CT molecular complexity index is 902. The van der Waals surface area contributed by atoms with E-state index in [-0.39, 0.29) is 24.3 Å². The van der Waals surface area contributed by atoms with Gasteiger partial charge < -0.3 is 19.5 Å². The van der Waals surface area contributed by atoms with E-state index in [1.165, 1.54) is 0 Å². The van der Waals surface area contributed by atoms with Crippen molar-refractivity contribution in [3.63, 3.8) is 0 Å². The van der Waals surface area contributed by atoms with Gasteiger partial charge in [0.25, 0.3) is 0 Å². The van der Waals surface area contributed by atoms with Gasteiger partial charge >= 0.3 is 12.2 Å². The van der Waals surface area contributed by atoms with Crippen molar-refractivity contribution >= 4 is 17.9 Å². The van der Waals surface area contributed by atoms with Crippen LogP contribution in [0.1, 0.15) is 56.9 Å². The largest absolute Gasteiger partial charge is 0.497 e. The van der Waals surface area contributed by atoms with E-state index in [1.807, 2.05) is 56.3 Å². The first-order valence-electron chi connectivity index (χ1n) is 10.6. The fourth-order valence-electron chi connectivity index (χ4n) is 3.91. The lowest BCUT2D eigenvalue weighted by atomic mass is 9.90. The van der Waals surface area contributed by atoms with Crippen LogP contribution in [0.3, 0.4) is 0 Å². The van der Waals surface area contributed by atoms with Gasteiger partial charge in [0, 0.05) is 11.6 Å². The third-order valence-electron chi connectivity index (χ3n) is 5.52. The normalized spacial score (nSPS) is 18.5. The number of anilines is 1. The minimum Gasteiger partial charge on any atom is -0.497 e. The van der Waals surface area contributed by atoms with E-state index >= 15 is 0 Å². The topological polar surface area (TPSA) is 77.1 Å². The van der Waals surface area contributed by atoms with Crippen molar-refractivity contribution in [1.29, 1.82) is 0 Å². The second kappa shape index (κ2) is 10.2. The lowest BCUT2D eigenvalue weighted by molar-refractivity contribution is 0.102. The molecular weight excluding hydrogens is 396 g/mol. The summed E-state index contributed by atoms with van der Waals surface area (Å²) in [6.07, 6.45) is -0.0102. The van der Waals surface area contributed by atoms with Crippen LogP contribution in [-0.2, 0) is 9.47 Å². The molecule has 1 aliphatic rings. The van der Waals surface area contributed by atoms with Gasteiger partial charge in [0.15, 0.2) is 0 Å². The van der Waals surface area contributed by atoms with Gasteiger partial charge in [-0.3, -0.25) is 4.90 Å². The summed E-state index contributed by atoms with van der Waals surface area (Å²) in [5.41, 5.74) is 2.42. The van der Waals surface area contributed by atoms with E-state index in [0.717, 1.165) is 17.5 Å². The number of hydrogen-bond acceptors (Lipinski definition) is 5. The first kappa shape index (κ1) is 22.5. The monoisotopic (exact) mass is 426 g/mol. The highest BCUT2D eigenvalue weighted by Crippen LogP contribution is 2.40. The number of amides is 2. The number of rotatable bonds is 6. The molecule has 3 atom stereocenters. The summed E-state index contributed by atoms with van der Waals surface area (Å²) in [4.78, 5) is 27.1. The van der Waals surface area contributed by atoms with Crippen molar-refractivity contribution in [2.45, 2.75) is 51.8 Å². The molecule has 2 aromatic rings. The second-order valence-electron chi connectivity index (χ2n) is 7.45. The summed E-state index contributed by atoms with van der Waals surface area (Å²) >= 11 is 0. The molecule has 7 nitrogen and oxygen atoms in total. The zero-order valence-electron chi connectivity index (χ0n) is 18.5. The van der Waals surface area contributed by atoms with Crippen LogP contribution in [-0.4, -0.2) is 31.9 Å². The summed E-state index contributed by atoms with van der Waals surface area (Å²) in [5, 5.41) is 2.99. The van der Waals surface area contributed by atoms with E-state index < -0.39 is 6.09 Å². The van der Waals surface area contributed by atoms with E-state index in [9.17, 15) is 9.59 Å². The fourth-order valence-corrected chi connectivity index (χ4v) is 3.91. The molecule has 0 fully saturated rings. The van der Waals surface area contributed by atoms with Gasteiger partial charge in [0.2, 0.25) is 0 Å². The Morgan fingerprint density at radius 1 is 1.16 bits per heavy atom. The molecule has 0 radical (unpaired) electrons. The number of alkyl carbamates (subject to hydrolysis) is 1. The SMILES string of the molecule is CCOC(=O)N1c2ccc(OC)cc2[C@@H](NC(=O)O[C@@H](C)c2ccccc2)C[C@H]1CC. The second-order valence-corrected chi connectivity index (χ2v) is 7.45. The van der Waals surface area contributed by atoms with E-state index in [2.05, 4.69) is 5.32 Å². The molecule has 0 saturated carbocycles. The molecular formula is C24H30N2O5. The molecule has 0 unspecified atom stereocenters. The Kier molecular flexibility index (Phi) is 7.39. The first-order chi connectivity index (χ1) is 15.0. The Labute approximate surface area is 183 Å². The van der Waals surface area contributed by atoms with Crippen LogP contribution < -0.4 is 15.0 Å². The Morgan fingerprint density at radius 3 is 2.55 bits per heavy atom. The molecule has 0 spiro atoms. The summed E-state index contributed by atoms with van der Waals surface area (Å²) in [7, 11) is 1.58. The van der Waals surface area contributed by atoms with E-state index in [4.69, 9.17) is 14.2 Å². The van der Waals surface area contributed by atoms with Gasteiger partial charge in [-0.1, -0.05) is 37.3 Å². The van der Waals surface area contributed by atoms with E-state index in [1.54, 1.807) is 25.0 Å².